The van der Waals surface area contributed by atoms with Crippen LogP contribution in [-0.4, -0.2) is 26.4 Å². The monoisotopic (exact) mass is 455 g/mol. The number of nitrogens with one attached hydrogen (secondary N) is 1. The summed E-state index contributed by atoms with van der Waals surface area (Å²) in [6.07, 6.45) is 1.52. The molecule has 140 valence electrons. The van der Waals surface area contributed by atoms with E-state index < -0.39 is 0 Å². The van der Waals surface area contributed by atoms with E-state index >= 15 is 0 Å². The van der Waals surface area contributed by atoms with Crippen LogP contribution in [0.2, 0.25) is 5.02 Å². The van der Waals surface area contributed by atoms with E-state index in [1.165, 1.54) is 6.21 Å². The van der Waals surface area contributed by atoms with Gasteiger partial charge in [-0.15, -0.1) is 0 Å². The molecule has 0 aliphatic heterocycles. The van der Waals surface area contributed by atoms with Crippen LogP contribution in [0, 0.1) is 6.92 Å². The highest BCUT2D eigenvalue weighted by Crippen LogP contribution is 2.33. The highest BCUT2D eigenvalue weighted by Gasteiger charge is 2.11. The standard InChI is InChI=1S/C21H15BrClN3O2/c1-11-2-4-17-18(6-11)26-21(25-17)15-9-14(3-5-19(15)27)24-10-12-7-13(22)8-16(23)20(12)28/h2-10,27-28H,1H3,(H,25,26). The number of nitrogens with zero attached hydrogens (tertiary/aromatic N) is 2. The lowest BCUT2D eigenvalue weighted by atomic mass is 10.1. The number of phenols is 2. The van der Waals surface area contributed by atoms with E-state index in [1.807, 2.05) is 25.1 Å². The summed E-state index contributed by atoms with van der Waals surface area (Å²) < 4.78 is 0.737. The van der Waals surface area contributed by atoms with Gasteiger partial charge in [-0.05, 0) is 55.0 Å². The first-order chi connectivity index (χ1) is 13.4. The number of aliphatic imine (C=N–C) groups is 1. The van der Waals surface area contributed by atoms with Gasteiger partial charge in [0.05, 0.1) is 27.3 Å². The number of H-pyrrole nitrogens is 1. The summed E-state index contributed by atoms with van der Waals surface area (Å²) in [5, 5.41) is 20.6. The first-order valence-electron chi connectivity index (χ1n) is 8.42. The smallest absolute Gasteiger partial charge is 0.143 e. The number of rotatable bonds is 3. The van der Waals surface area contributed by atoms with Gasteiger partial charge in [0.2, 0.25) is 0 Å². The maximum Gasteiger partial charge on any atom is 0.143 e. The Bertz CT molecular complexity index is 1230. The van der Waals surface area contributed by atoms with Crippen LogP contribution in [0.15, 0.2) is 58.0 Å². The third kappa shape index (κ3) is 3.61. The van der Waals surface area contributed by atoms with Crippen molar-refractivity contribution in [3.05, 3.63) is 69.2 Å². The van der Waals surface area contributed by atoms with Crippen molar-refractivity contribution in [3.8, 4) is 22.9 Å². The Labute approximate surface area is 174 Å². The third-order valence-electron chi connectivity index (χ3n) is 4.28. The highest BCUT2D eigenvalue weighted by atomic mass is 79.9. The predicted octanol–water partition coefficient (Wildman–Crippen LogP) is 6.12. The van der Waals surface area contributed by atoms with Gasteiger partial charge in [0.1, 0.15) is 17.3 Å². The lowest BCUT2D eigenvalue weighted by Crippen LogP contribution is -1.85. The van der Waals surface area contributed by atoms with Crippen molar-refractivity contribution in [2.24, 2.45) is 4.99 Å². The Morgan fingerprint density at radius 1 is 1.11 bits per heavy atom. The summed E-state index contributed by atoms with van der Waals surface area (Å²) in [6, 6.07) is 14.2. The molecule has 1 aromatic heterocycles. The second-order valence-electron chi connectivity index (χ2n) is 6.39. The Balaban J connectivity index is 1.73. The fourth-order valence-electron chi connectivity index (χ4n) is 2.87. The summed E-state index contributed by atoms with van der Waals surface area (Å²) in [4.78, 5) is 12.2. The van der Waals surface area contributed by atoms with Crippen molar-refractivity contribution >= 4 is 50.5 Å². The van der Waals surface area contributed by atoms with Crippen LogP contribution >= 0.6 is 27.5 Å². The molecular formula is C21H15BrClN3O2. The lowest BCUT2D eigenvalue weighted by Gasteiger charge is -2.04. The Morgan fingerprint density at radius 3 is 2.75 bits per heavy atom. The number of halogens is 2. The normalized spacial score (nSPS) is 11.5. The molecule has 1 heterocycles. The second-order valence-corrected chi connectivity index (χ2v) is 7.71. The van der Waals surface area contributed by atoms with Crippen molar-refractivity contribution in [1.82, 2.24) is 9.97 Å². The molecule has 0 radical (unpaired) electrons. The number of hydrogen-bond donors (Lipinski definition) is 3. The summed E-state index contributed by atoms with van der Waals surface area (Å²) >= 11 is 9.33. The van der Waals surface area contributed by atoms with Gasteiger partial charge in [0, 0.05) is 16.3 Å². The number of benzene rings is 3. The maximum atomic E-state index is 10.3. The molecule has 0 saturated carbocycles. The largest absolute Gasteiger partial charge is 0.507 e. The quantitative estimate of drug-likeness (QED) is 0.325. The topological polar surface area (TPSA) is 81.5 Å². The average Bonchev–Trinajstić information content (AvgIpc) is 3.07. The van der Waals surface area contributed by atoms with Gasteiger partial charge in [0.15, 0.2) is 0 Å². The first-order valence-corrected chi connectivity index (χ1v) is 9.59. The number of phenolic OH excluding ortho intramolecular Hbond substituents is 2. The Hall–Kier alpha value is -2.83. The molecule has 0 bridgehead atoms. The Kier molecular flexibility index (Phi) is 4.83. The number of aromatic hydroxyl groups is 2. The van der Waals surface area contributed by atoms with Gasteiger partial charge >= 0.3 is 0 Å². The van der Waals surface area contributed by atoms with Crippen LogP contribution in [-0.2, 0) is 0 Å². The fourth-order valence-corrected chi connectivity index (χ4v) is 3.71. The molecule has 0 saturated heterocycles. The van der Waals surface area contributed by atoms with Crippen LogP contribution in [0.3, 0.4) is 0 Å². The van der Waals surface area contributed by atoms with Gasteiger partial charge in [-0.1, -0.05) is 33.6 Å². The van der Waals surface area contributed by atoms with Crippen LogP contribution in [0.25, 0.3) is 22.4 Å². The van der Waals surface area contributed by atoms with Crippen molar-refractivity contribution in [2.45, 2.75) is 6.92 Å². The van der Waals surface area contributed by atoms with Crippen molar-refractivity contribution in [2.75, 3.05) is 0 Å². The zero-order valence-corrected chi connectivity index (χ0v) is 17.1. The first kappa shape index (κ1) is 18.5. The van der Waals surface area contributed by atoms with Gasteiger partial charge in [0.25, 0.3) is 0 Å². The molecule has 3 aromatic carbocycles. The van der Waals surface area contributed by atoms with Crippen molar-refractivity contribution in [3.63, 3.8) is 0 Å². The molecule has 0 amide bonds. The second kappa shape index (κ2) is 7.30. The van der Waals surface area contributed by atoms with E-state index in [0.29, 0.717) is 22.6 Å². The van der Waals surface area contributed by atoms with Crippen molar-refractivity contribution < 1.29 is 10.2 Å². The molecule has 0 unspecified atom stereocenters. The summed E-state index contributed by atoms with van der Waals surface area (Å²) in [7, 11) is 0. The molecule has 4 rings (SSSR count). The van der Waals surface area contributed by atoms with Crippen LogP contribution in [0.5, 0.6) is 11.5 Å². The molecule has 3 N–H and O–H groups in total. The number of aromatic nitrogens is 2. The molecule has 28 heavy (non-hydrogen) atoms. The van der Waals surface area contributed by atoms with E-state index in [-0.39, 0.29) is 16.5 Å². The number of fused-ring (bicyclic) bond motifs is 1. The van der Waals surface area contributed by atoms with Gasteiger partial charge in [-0.25, -0.2) is 4.98 Å². The lowest BCUT2D eigenvalue weighted by molar-refractivity contribution is 0.474. The minimum Gasteiger partial charge on any atom is -0.507 e. The maximum absolute atomic E-state index is 10.3. The highest BCUT2D eigenvalue weighted by molar-refractivity contribution is 9.10. The van der Waals surface area contributed by atoms with E-state index in [0.717, 1.165) is 21.1 Å². The van der Waals surface area contributed by atoms with E-state index in [1.54, 1.807) is 30.3 Å². The van der Waals surface area contributed by atoms with E-state index in [9.17, 15) is 10.2 Å². The Morgan fingerprint density at radius 2 is 1.93 bits per heavy atom. The summed E-state index contributed by atoms with van der Waals surface area (Å²) in [6.45, 7) is 2.01. The minimum absolute atomic E-state index is 0.0414. The minimum atomic E-state index is -0.0414. The summed E-state index contributed by atoms with van der Waals surface area (Å²) in [5.41, 5.74) is 4.46. The number of aryl methyl sites for hydroxylation is 1. The van der Waals surface area contributed by atoms with Gasteiger partial charge in [-0.3, -0.25) is 4.99 Å². The van der Waals surface area contributed by atoms with Gasteiger partial charge < -0.3 is 15.2 Å². The zero-order valence-electron chi connectivity index (χ0n) is 14.7. The SMILES string of the molecule is Cc1ccc2nc(-c3cc(N=Cc4cc(Br)cc(Cl)c4O)ccc3O)[nH]c2c1. The van der Waals surface area contributed by atoms with Crippen LogP contribution in [0.4, 0.5) is 5.69 Å². The van der Waals surface area contributed by atoms with E-state index in [4.69, 9.17) is 11.6 Å². The number of imidazole rings is 1. The van der Waals surface area contributed by atoms with Crippen molar-refractivity contribution in [1.29, 1.82) is 0 Å². The van der Waals surface area contributed by atoms with Crippen LogP contribution in [0.1, 0.15) is 11.1 Å². The summed E-state index contributed by atoms with van der Waals surface area (Å²) in [5.74, 6) is 0.617. The van der Waals surface area contributed by atoms with Crippen LogP contribution < -0.4 is 0 Å². The molecule has 0 spiro atoms. The number of aromatic amines is 1. The van der Waals surface area contributed by atoms with Gasteiger partial charge in [-0.2, -0.15) is 0 Å². The molecule has 0 atom stereocenters. The average molecular weight is 457 g/mol. The predicted molar refractivity (Wildman–Crippen MR) is 116 cm³/mol. The molecular weight excluding hydrogens is 442 g/mol. The molecule has 0 aliphatic rings. The molecule has 5 nitrogen and oxygen atoms in total. The molecule has 0 fully saturated rings. The molecule has 4 aromatic rings. The zero-order chi connectivity index (χ0) is 19.8. The fraction of sp³-hybridized carbons (Fsp3) is 0.0476. The molecule has 7 heteroatoms. The third-order valence-corrected chi connectivity index (χ3v) is 5.03. The number of hydrogen-bond acceptors (Lipinski definition) is 4. The van der Waals surface area contributed by atoms with E-state index in [2.05, 4.69) is 30.9 Å². The molecule has 0 aliphatic carbocycles.